The van der Waals surface area contributed by atoms with E-state index in [0.29, 0.717) is 12.3 Å². The Balaban J connectivity index is 1.78. The van der Waals surface area contributed by atoms with Crippen molar-refractivity contribution in [1.29, 1.82) is 0 Å². The minimum atomic E-state index is -0.305. The van der Waals surface area contributed by atoms with E-state index in [2.05, 4.69) is 25.2 Å². The van der Waals surface area contributed by atoms with Crippen LogP contribution in [0.2, 0.25) is 0 Å². The maximum atomic E-state index is 11.9. The Morgan fingerprint density at radius 3 is 2.61 bits per heavy atom. The lowest BCUT2D eigenvalue weighted by Crippen LogP contribution is -2.25. The summed E-state index contributed by atoms with van der Waals surface area (Å²) >= 11 is 0. The maximum absolute atomic E-state index is 11.9. The van der Waals surface area contributed by atoms with Crippen LogP contribution in [0.4, 0.5) is 5.69 Å². The second kappa shape index (κ2) is 8.51. The van der Waals surface area contributed by atoms with Crippen LogP contribution in [0.3, 0.4) is 0 Å². The normalized spacial score (nSPS) is 18.3. The molecule has 0 aromatic heterocycles. The molecule has 2 atom stereocenters. The molecule has 2 rings (SSSR count). The van der Waals surface area contributed by atoms with Crippen LogP contribution in [-0.4, -0.2) is 18.5 Å². The quantitative estimate of drug-likeness (QED) is 0.637. The van der Waals surface area contributed by atoms with Crippen LogP contribution in [0.1, 0.15) is 51.0 Å². The number of hydrogen-bond donors (Lipinski definition) is 1. The molecule has 0 fully saturated rings. The zero-order valence-corrected chi connectivity index (χ0v) is 13.9. The summed E-state index contributed by atoms with van der Waals surface area (Å²) in [5, 5.41) is 2.75. The number of ether oxygens (including phenoxy) is 1. The van der Waals surface area contributed by atoms with Gasteiger partial charge in [-0.25, -0.2) is 0 Å². The Bertz CT molecular complexity index is 562. The number of esters is 1. The lowest BCUT2D eigenvalue weighted by molar-refractivity contribution is -0.151. The highest BCUT2D eigenvalue weighted by Gasteiger charge is 2.20. The summed E-state index contributed by atoms with van der Waals surface area (Å²) in [4.78, 5) is 23.7. The Kier molecular flexibility index (Phi) is 6.39. The van der Waals surface area contributed by atoms with Crippen LogP contribution in [0.15, 0.2) is 36.4 Å². The zero-order chi connectivity index (χ0) is 16.7. The van der Waals surface area contributed by atoms with Crippen LogP contribution < -0.4 is 5.32 Å². The van der Waals surface area contributed by atoms with E-state index in [-0.39, 0.29) is 24.4 Å². The van der Waals surface area contributed by atoms with E-state index in [9.17, 15) is 9.59 Å². The van der Waals surface area contributed by atoms with Gasteiger partial charge in [-0.2, -0.15) is 0 Å². The molecule has 4 heteroatoms. The predicted octanol–water partition coefficient (Wildman–Crippen LogP) is 4.04. The van der Waals surface area contributed by atoms with Crippen LogP contribution in [-0.2, 0) is 14.3 Å². The number of amides is 1. The molecule has 0 saturated carbocycles. The Hall–Kier alpha value is -2.10. The fraction of sp³-hybridized carbons (Fsp3) is 0.474. The molecular weight excluding hydrogens is 290 g/mol. The van der Waals surface area contributed by atoms with Crippen molar-refractivity contribution in [2.75, 3.05) is 11.9 Å². The van der Waals surface area contributed by atoms with Crippen molar-refractivity contribution in [1.82, 2.24) is 0 Å². The first-order chi connectivity index (χ1) is 11.1. The fourth-order valence-electron chi connectivity index (χ4n) is 2.59. The van der Waals surface area contributed by atoms with Gasteiger partial charge in [-0.1, -0.05) is 38.1 Å². The van der Waals surface area contributed by atoms with Crippen molar-refractivity contribution in [3.63, 3.8) is 0 Å². The molecule has 1 N–H and O–H groups in total. The largest absolute Gasteiger partial charge is 0.455 e. The van der Waals surface area contributed by atoms with E-state index in [0.717, 1.165) is 24.9 Å². The van der Waals surface area contributed by atoms with E-state index in [1.165, 1.54) is 5.56 Å². The third-order valence-corrected chi connectivity index (χ3v) is 4.32. The van der Waals surface area contributed by atoms with Gasteiger partial charge < -0.3 is 10.1 Å². The van der Waals surface area contributed by atoms with Gasteiger partial charge in [0.25, 0.3) is 5.91 Å². The van der Waals surface area contributed by atoms with Crippen molar-refractivity contribution in [3.05, 3.63) is 42.0 Å². The highest BCUT2D eigenvalue weighted by atomic mass is 16.5. The molecule has 1 amide bonds. The van der Waals surface area contributed by atoms with Crippen LogP contribution in [0.5, 0.6) is 0 Å². The van der Waals surface area contributed by atoms with Crippen LogP contribution in [0.25, 0.3) is 0 Å². The van der Waals surface area contributed by atoms with Crippen molar-refractivity contribution < 1.29 is 14.3 Å². The fourth-order valence-corrected chi connectivity index (χ4v) is 2.59. The molecule has 0 unspecified atom stereocenters. The van der Waals surface area contributed by atoms with Crippen molar-refractivity contribution in [2.45, 2.75) is 45.4 Å². The number of rotatable bonds is 6. The number of carbonyl (C=O) groups is 2. The van der Waals surface area contributed by atoms with Crippen LogP contribution in [0, 0.1) is 5.92 Å². The topological polar surface area (TPSA) is 55.4 Å². The number of allylic oxidation sites excluding steroid dienone is 2. The molecule has 1 aromatic carbocycles. The van der Waals surface area contributed by atoms with Gasteiger partial charge in [0.2, 0.25) is 0 Å². The van der Waals surface area contributed by atoms with Gasteiger partial charge in [0.05, 0.1) is 5.92 Å². The summed E-state index contributed by atoms with van der Waals surface area (Å²) in [5.74, 6) is -0.189. The molecule has 4 nitrogen and oxygen atoms in total. The summed E-state index contributed by atoms with van der Waals surface area (Å²) in [5.41, 5.74) is 1.97. The zero-order valence-electron chi connectivity index (χ0n) is 13.9. The van der Waals surface area contributed by atoms with Crippen molar-refractivity contribution in [3.8, 4) is 0 Å². The molecule has 1 aliphatic rings. The minimum Gasteiger partial charge on any atom is -0.455 e. The molecular formula is C19H25NO3. The monoisotopic (exact) mass is 315 g/mol. The molecule has 0 spiro atoms. The van der Waals surface area contributed by atoms with Gasteiger partial charge in [0.15, 0.2) is 6.61 Å². The molecule has 0 aliphatic heterocycles. The highest BCUT2D eigenvalue weighted by Crippen LogP contribution is 2.21. The Morgan fingerprint density at radius 1 is 1.26 bits per heavy atom. The van der Waals surface area contributed by atoms with Gasteiger partial charge in [-0.05, 0) is 49.3 Å². The summed E-state index contributed by atoms with van der Waals surface area (Å²) in [6.45, 7) is 4.09. The summed E-state index contributed by atoms with van der Waals surface area (Å²) in [6, 6.07) is 7.80. The van der Waals surface area contributed by atoms with Gasteiger partial charge in [0.1, 0.15) is 0 Å². The van der Waals surface area contributed by atoms with Gasteiger partial charge in [0, 0.05) is 5.69 Å². The van der Waals surface area contributed by atoms with Gasteiger partial charge in [-0.15, -0.1) is 0 Å². The van der Waals surface area contributed by atoms with Crippen LogP contribution >= 0.6 is 0 Å². The molecule has 124 valence electrons. The summed E-state index contributed by atoms with van der Waals surface area (Å²) < 4.78 is 5.11. The highest BCUT2D eigenvalue weighted by molar-refractivity contribution is 5.92. The third kappa shape index (κ3) is 5.23. The summed E-state index contributed by atoms with van der Waals surface area (Å²) in [6.07, 6.45) is 7.55. The molecule has 0 heterocycles. The lowest BCUT2D eigenvalue weighted by atomic mass is 9.95. The molecule has 1 aromatic rings. The number of nitrogens with one attached hydrogen (secondary N) is 1. The standard InChI is InChI=1S/C19H25NO3/c1-3-14(2)15-9-11-17(12-10-15)20-18(21)13-23-19(22)16-7-5-4-6-8-16/h4-5,9-12,14,16H,3,6-8,13H2,1-2H3,(H,20,21)/t14-,16-/m0/s1. The molecule has 0 radical (unpaired) electrons. The Labute approximate surface area is 137 Å². The average molecular weight is 315 g/mol. The first-order valence-electron chi connectivity index (χ1n) is 8.31. The van der Waals surface area contributed by atoms with E-state index >= 15 is 0 Å². The summed E-state index contributed by atoms with van der Waals surface area (Å²) in [7, 11) is 0. The average Bonchev–Trinajstić information content (AvgIpc) is 2.60. The number of carbonyl (C=O) groups excluding carboxylic acids is 2. The van der Waals surface area contributed by atoms with E-state index in [4.69, 9.17) is 4.74 Å². The third-order valence-electron chi connectivity index (χ3n) is 4.32. The molecule has 1 aliphatic carbocycles. The number of anilines is 1. The Morgan fingerprint density at radius 2 is 2.00 bits per heavy atom. The van der Waals surface area contributed by atoms with Gasteiger partial charge in [-0.3, -0.25) is 9.59 Å². The van der Waals surface area contributed by atoms with E-state index in [1.807, 2.05) is 30.3 Å². The van der Waals surface area contributed by atoms with E-state index in [1.54, 1.807) is 0 Å². The van der Waals surface area contributed by atoms with E-state index < -0.39 is 0 Å². The number of benzene rings is 1. The molecule has 23 heavy (non-hydrogen) atoms. The first-order valence-corrected chi connectivity index (χ1v) is 8.31. The molecule has 0 bridgehead atoms. The number of hydrogen-bond acceptors (Lipinski definition) is 3. The van der Waals surface area contributed by atoms with Crippen molar-refractivity contribution >= 4 is 17.6 Å². The smallest absolute Gasteiger partial charge is 0.309 e. The predicted molar refractivity (Wildman–Crippen MR) is 91.2 cm³/mol. The maximum Gasteiger partial charge on any atom is 0.309 e. The van der Waals surface area contributed by atoms with Crippen molar-refractivity contribution in [2.24, 2.45) is 5.92 Å². The second-order valence-corrected chi connectivity index (χ2v) is 6.07. The molecule has 0 saturated heterocycles. The van der Waals surface area contributed by atoms with Gasteiger partial charge >= 0.3 is 5.97 Å². The SMILES string of the molecule is CC[C@H](C)c1ccc(NC(=O)COC(=O)[C@H]2CC=CCC2)cc1. The second-order valence-electron chi connectivity index (χ2n) is 6.07. The minimum absolute atomic E-state index is 0.109. The lowest BCUT2D eigenvalue weighted by Gasteiger charge is -2.16. The first kappa shape index (κ1) is 17.3.